The number of nitrogens with zero attached hydrogens (tertiary/aromatic N) is 1. The second-order valence-electron chi connectivity index (χ2n) is 2.83. The molecule has 5 heteroatoms. The molecule has 0 bridgehead atoms. The van der Waals surface area contributed by atoms with E-state index in [0.717, 1.165) is 11.3 Å². The first-order valence-corrected chi connectivity index (χ1v) is 4.72. The van der Waals surface area contributed by atoms with Crippen LogP contribution in [0.5, 0.6) is 0 Å². The number of aromatic nitrogens is 1. The molecule has 82 valence electrons. The summed E-state index contributed by atoms with van der Waals surface area (Å²) in [5.74, 6) is 0. The van der Waals surface area contributed by atoms with Crippen molar-refractivity contribution in [3.8, 4) is 0 Å². The molecule has 0 spiro atoms. The third kappa shape index (κ3) is 4.53. The maximum Gasteiger partial charge on any atom is 0.207 e. The summed E-state index contributed by atoms with van der Waals surface area (Å²) in [5, 5.41) is 2.54. The molecule has 0 aliphatic carbocycles. The van der Waals surface area contributed by atoms with Gasteiger partial charge in [0.05, 0.1) is 18.8 Å². The minimum absolute atomic E-state index is 0.377. The minimum atomic E-state index is 0.377. The van der Waals surface area contributed by atoms with E-state index in [4.69, 9.17) is 9.78 Å². The van der Waals surface area contributed by atoms with E-state index >= 15 is 0 Å². The van der Waals surface area contributed by atoms with Gasteiger partial charge in [-0.3, -0.25) is 9.78 Å². The van der Waals surface area contributed by atoms with Gasteiger partial charge in [0.15, 0.2) is 0 Å². The highest BCUT2D eigenvalue weighted by molar-refractivity contribution is 5.45. The van der Waals surface area contributed by atoms with Crippen LogP contribution in [-0.2, 0) is 27.7 Å². The fourth-order valence-electron chi connectivity index (χ4n) is 0.984. The zero-order valence-corrected chi connectivity index (χ0v) is 8.60. The Morgan fingerprint density at radius 3 is 2.93 bits per heavy atom. The predicted molar refractivity (Wildman–Crippen MR) is 53.6 cm³/mol. The second kappa shape index (κ2) is 6.92. The van der Waals surface area contributed by atoms with Gasteiger partial charge in [0.1, 0.15) is 6.61 Å². The molecule has 0 saturated carbocycles. The van der Waals surface area contributed by atoms with Crippen molar-refractivity contribution >= 4 is 6.41 Å². The Bertz CT molecular complexity index is 287. The number of carbonyl (C=O) groups excluding carboxylic acids is 1. The normalized spacial score (nSPS) is 9.93. The zero-order chi connectivity index (χ0) is 10.9. The van der Waals surface area contributed by atoms with Gasteiger partial charge in [0.25, 0.3) is 0 Å². The monoisotopic (exact) mass is 210 g/mol. The van der Waals surface area contributed by atoms with Crippen molar-refractivity contribution in [3.63, 3.8) is 0 Å². The van der Waals surface area contributed by atoms with Crippen LogP contribution in [0.4, 0.5) is 0 Å². The van der Waals surface area contributed by atoms with E-state index in [1.54, 1.807) is 6.20 Å². The van der Waals surface area contributed by atoms with Crippen LogP contribution in [0, 0.1) is 0 Å². The summed E-state index contributed by atoms with van der Waals surface area (Å²) in [6.07, 6.45) is 2.34. The molecular weight excluding hydrogens is 196 g/mol. The average molecular weight is 210 g/mol. The molecule has 0 saturated heterocycles. The van der Waals surface area contributed by atoms with Gasteiger partial charge in [-0.2, -0.15) is 0 Å². The minimum Gasteiger partial charge on any atom is -0.353 e. The third-order valence-electron chi connectivity index (χ3n) is 1.68. The first-order valence-electron chi connectivity index (χ1n) is 4.72. The number of amides is 1. The Morgan fingerprint density at radius 1 is 1.47 bits per heavy atom. The van der Waals surface area contributed by atoms with E-state index in [0.29, 0.717) is 26.2 Å². The predicted octanol–water partition coefficient (Wildman–Crippen LogP) is 0.796. The van der Waals surface area contributed by atoms with Crippen LogP contribution in [0.1, 0.15) is 18.2 Å². The Kier molecular flexibility index (Phi) is 5.35. The molecule has 1 N–H and O–H groups in total. The number of rotatable bonds is 7. The molecule has 0 aliphatic rings. The summed E-state index contributed by atoms with van der Waals surface area (Å²) in [5.41, 5.74) is 1.74. The van der Waals surface area contributed by atoms with Gasteiger partial charge in [0, 0.05) is 6.20 Å². The third-order valence-corrected chi connectivity index (χ3v) is 1.68. The molecule has 1 aromatic rings. The molecule has 5 nitrogen and oxygen atoms in total. The van der Waals surface area contributed by atoms with Gasteiger partial charge in [-0.15, -0.1) is 0 Å². The molecule has 1 rings (SSSR count). The van der Waals surface area contributed by atoms with Crippen molar-refractivity contribution in [1.82, 2.24) is 10.3 Å². The molecule has 0 radical (unpaired) electrons. The van der Waals surface area contributed by atoms with Crippen LogP contribution in [0.2, 0.25) is 0 Å². The van der Waals surface area contributed by atoms with Crippen molar-refractivity contribution in [1.29, 1.82) is 0 Å². The Labute approximate surface area is 88.3 Å². The zero-order valence-electron chi connectivity index (χ0n) is 8.60. The summed E-state index contributed by atoms with van der Waals surface area (Å²) in [6.45, 7) is 3.19. The first-order chi connectivity index (χ1) is 7.36. The number of hydrogen-bond donors (Lipinski definition) is 1. The fraction of sp³-hybridized carbons (Fsp3) is 0.400. The molecule has 15 heavy (non-hydrogen) atoms. The van der Waals surface area contributed by atoms with E-state index in [1.165, 1.54) is 0 Å². The molecule has 1 amide bonds. The molecule has 0 unspecified atom stereocenters. The quantitative estimate of drug-likeness (QED) is 0.313. The Morgan fingerprint density at radius 2 is 2.33 bits per heavy atom. The lowest BCUT2D eigenvalue weighted by molar-refractivity contribution is -0.300. The van der Waals surface area contributed by atoms with Gasteiger partial charge in [-0.1, -0.05) is 6.07 Å². The molecule has 1 heterocycles. The van der Waals surface area contributed by atoms with E-state index in [2.05, 4.69) is 10.3 Å². The largest absolute Gasteiger partial charge is 0.353 e. The lowest BCUT2D eigenvalue weighted by Crippen LogP contribution is -2.11. The number of nitrogens with one attached hydrogen (secondary N) is 1. The standard InChI is InChI=1S/C10H14N2O3/c1-2-14-15-7-9-3-4-10(12-5-9)6-11-8-13/h3-5,8H,2,6-7H2,1H3,(H,11,13). The van der Waals surface area contributed by atoms with Crippen LogP contribution in [0.25, 0.3) is 0 Å². The van der Waals surface area contributed by atoms with Crippen LogP contribution in [-0.4, -0.2) is 18.0 Å². The average Bonchev–Trinajstić information content (AvgIpc) is 2.28. The topological polar surface area (TPSA) is 60.5 Å². The Balaban J connectivity index is 2.38. The van der Waals surface area contributed by atoms with E-state index in [1.807, 2.05) is 19.1 Å². The summed E-state index contributed by atoms with van der Waals surface area (Å²) in [6, 6.07) is 3.72. The van der Waals surface area contributed by atoms with E-state index < -0.39 is 0 Å². The van der Waals surface area contributed by atoms with Gasteiger partial charge in [-0.25, -0.2) is 9.78 Å². The van der Waals surface area contributed by atoms with E-state index in [-0.39, 0.29) is 0 Å². The number of pyridine rings is 1. The van der Waals surface area contributed by atoms with Crippen molar-refractivity contribution in [2.75, 3.05) is 6.61 Å². The summed E-state index contributed by atoms with van der Waals surface area (Å²) in [4.78, 5) is 23.8. The van der Waals surface area contributed by atoms with Crippen LogP contribution in [0.3, 0.4) is 0 Å². The molecule has 0 aliphatic heterocycles. The van der Waals surface area contributed by atoms with Crippen molar-refractivity contribution in [2.45, 2.75) is 20.1 Å². The SMILES string of the molecule is CCOOCc1ccc(CNC=O)nc1. The second-order valence-corrected chi connectivity index (χ2v) is 2.83. The maximum atomic E-state index is 10.0. The van der Waals surface area contributed by atoms with Crippen LogP contribution in [0.15, 0.2) is 18.3 Å². The first kappa shape index (κ1) is 11.6. The smallest absolute Gasteiger partial charge is 0.207 e. The molecule has 0 atom stereocenters. The summed E-state index contributed by atoms with van der Waals surface area (Å²) < 4.78 is 0. The maximum absolute atomic E-state index is 10.0. The summed E-state index contributed by atoms with van der Waals surface area (Å²) >= 11 is 0. The highest BCUT2D eigenvalue weighted by atomic mass is 17.2. The van der Waals surface area contributed by atoms with Gasteiger partial charge in [0.2, 0.25) is 6.41 Å². The van der Waals surface area contributed by atoms with Gasteiger partial charge in [-0.05, 0) is 18.6 Å². The molecule has 0 fully saturated rings. The van der Waals surface area contributed by atoms with Gasteiger partial charge >= 0.3 is 0 Å². The highest BCUT2D eigenvalue weighted by Gasteiger charge is 1.96. The summed E-state index contributed by atoms with van der Waals surface area (Å²) in [7, 11) is 0. The molecular formula is C10H14N2O3. The lowest BCUT2D eigenvalue weighted by atomic mass is 10.2. The number of hydrogen-bond acceptors (Lipinski definition) is 4. The van der Waals surface area contributed by atoms with Gasteiger partial charge < -0.3 is 5.32 Å². The van der Waals surface area contributed by atoms with Crippen LogP contribution < -0.4 is 5.32 Å². The lowest BCUT2D eigenvalue weighted by Gasteiger charge is -2.03. The van der Waals surface area contributed by atoms with Crippen LogP contribution >= 0.6 is 0 Å². The molecule has 0 aromatic carbocycles. The number of carbonyl (C=O) groups is 1. The van der Waals surface area contributed by atoms with Crippen molar-refractivity contribution in [3.05, 3.63) is 29.6 Å². The Hall–Kier alpha value is -1.46. The molecule has 1 aromatic heterocycles. The van der Waals surface area contributed by atoms with Crippen molar-refractivity contribution < 1.29 is 14.6 Å². The van der Waals surface area contributed by atoms with E-state index in [9.17, 15) is 4.79 Å². The highest BCUT2D eigenvalue weighted by Crippen LogP contribution is 2.02. The fourth-order valence-corrected chi connectivity index (χ4v) is 0.984. The van der Waals surface area contributed by atoms with Crippen molar-refractivity contribution in [2.24, 2.45) is 0 Å².